The molecule has 1 aliphatic rings. The summed E-state index contributed by atoms with van der Waals surface area (Å²) in [6.07, 6.45) is 0.361. The van der Waals surface area contributed by atoms with E-state index >= 15 is 0 Å². The molecule has 0 radical (unpaired) electrons. The summed E-state index contributed by atoms with van der Waals surface area (Å²) < 4.78 is 1.67. The molecule has 0 saturated heterocycles. The zero-order chi connectivity index (χ0) is 21.5. The van der Waals surface area contributed by atoms with Gasteiger partial charge in [-0.05, 0) is 55.3 Å². The summed E-state index contributed by atoms with van der Waals surface area (Å²) in [7, 11) is 0. The number of hydrogen-bond acceptors (Lipinski definition) is 3. The van der Waals surface area contributed by atoms with Crippen molar-refractivity contribution in [2.75, 3.05) is 11.4 Å². The van der Waals surface area contributed by atoms with Crippen molar-refractivity contribution in [2.45, 2.75) is 26.2 Å². The van der Waals surface area contributed by atoms with E-state index in [0.29, 0.717) is 29.7 Å². The largest absolute Gasteiger partial charge is 0.312 e. The Hall–Kier alpha value is -3.73. The summed E-state index contributed by atoms with van der Waals surface area (Å²) in [6, 6.07) is 23.1. The van der Waals surface area contributed by atoms with Crippen molar-refractivity contribution in [3.63, 3.8) is 0 Å². The molecule has 1 aliphatic heterocycles. The van der Waals surface area contributed by atoms with Crippen LogP contribution in [0.3, 0.4) is 0 Å². The van der Waals surface area contributed by atoms with Crippen LogP contribution in [0.4, 0.5) is 5.69 Å². The fourth-order valence-electron chi connectivity index (χ4n) is 4.52. The highest BCUT2D eigenvalue weighted by molar-refractivity contribution is 6.05. The molecule has 1 aromatic heterocycles. The number of anilines is 1. The second kappa shape index (κ2) is 7.51. The van der Waals surface area contributed by atoms with Gasteiger partial charge in [-0.1, -0.05) is 42.5 Å². The molecule has 0 aliphatic carbocycles. The Morgan fingerprint density at radius 3 is 2.52 bits per heavy atom. The Bertz CT molecular complexity index is 1370. The Morgan fingerprint density at radius 2 is 1.71 bits per heavy atom. The second-order valence-electron chi connectivity index (χ2n) is 7.92. The number of carbonyl (C=O) groups is 1. The molecule has 0 bridgehead atoms. The Kier molecular flexibility index (Phi) is 4.66. The van der Waals surface area contributed by atoms with E-state index < -0.39 is 0 Å². The molecule has 1 atom stereocenters. The van der Waals surface area contributed by atoms with Gasteiger partial charge >= 0.3 is 0 Å². The zero-order valence-electron chi connectivity index (χ0n) is 17.6. The van der Waals surface area contributed by atoms with Gasteiger partial charge in [0.05, 0.1) is 22.5 Å². The first kappa shape index (κ1) is 19.2. The van der Waals surface area contributed by atoms with E-state index in [4.69, 9.17) is 4.98 Å². The molecule has 0 saturated carbocycles. The minimum atomic E-state index is -0.361. The fourth-order valence-corrected chi connectivity index (χ4v) is 4.52. The molecule has 3 aromatic carbocycles. The van der Waals surface area contributed by atoms with Crippen molar-refractivity contribution in [1.82, 2.24) is 9.55 Å². The van der Waals surface area contributed by atoms with Crippen LogP contribution in [0.2, 0.25) is 0 Å². The quantitative estimate of drug-likeness (QED) is 0.502. The molecule has 5 nitrogen and oxygen atoms in total. The van der Waals surface area contributed by atoms with Crippen LogP contribution >= 0.6 is 0 Å². The van der Waals surface area contributed by atoms with Gasteiger partial charge in [0, 0.05) is 18.7 Å². The average Bonchev–Trinajstić information content (AvgIpc) is 3.05. The molecule has 0 spiro atoms. The summed E-state index contributed by atoms with van der Waals surface area (Å²) in [5, 5.41) is 0.570. The van der Waals surface area contributed by atoms with Gasteiger partial charge in [-0.15, -0.1) is 0 Å². The van der Waals surface area contributed by atoms with Gasteiger partial charge in [0.15, 0.2) is 0 Å². The molecule has 4 aromatic rings. The van der Waals surface area contributed by atoms with Gasteiger partial charge in [0.2, 0.25) is 5.91 Å². The number of likely N-dealkylation sites (N-methyl/N-ethyl adjacent to an activating group) is 1. The molecule has 0 fully saturated rings. The molecule has 1 unspecified atom stereocenters. The number of aryl methyl sites for hydroxylation is 1. The van der Waals surface area contributed by atoms with E-state index in [9.17, 15) is 9.59 Å². The van der Waals surface area contributed by atoms with Crippen LogP contribution in [0.1, 0.15) is 29.8 Å². The summed E-state index contributed by atoms with van der Waals surface area (Å²) in [5.74, 6) is 0.294. The number of carbonyl (C=O) groups excluding carboxylic acids is 1. The first-order valence-electron chi connectivity index (χ1n) is 10.6. The normalized spacial score (nSPS) is 15.5. The number of para-hydroxylation sites is 2. The maximum absolute atomic E-state index is 13.5. The van der Waals surface area contributed by atoms with Crippen LogP contribution in [-0.2, 0) is 11.2 Å². The van der Waals surface area contributed by atoms with Gasteiger partial charge in [-0.2, -0.15) is 0 Å². The van der Waals surface area contributed by atoms with E-state index in [1.165, 1.54) is 0 Å². The van der Waals surface area contributed by atoms with Crippen molar-refractivity contribution in [2.24, 2.45) is 0 Å². The summed E-state index contributed by atoms with van der Waals surface area (Å²) >= 11 is 0. The van der Waals surface area contributed by atoms with Gasteiger partial charge in [0.25, 0.3) is 5.56 Å². The highest BCUT2D eigenvalue weighted by Crippen LogP contribution is 2.38. The van der Waals surface area contributed by atoms with E-state index in [-0.39, 0.29) is 17.4 Å². The van der Waals surface area contributed by atoms with Gasteiger partial charge in [-0.3, -0.25) is 14.2 Å². The fraction of sp³-hybridized carbons (Fsp3) is 0.192. The lowest BCUT2D eigenvalue weighted by atomic mass is 9.96. The number of benzene rings is 3. The predicted octanol–water partition coefficient (Wildman–Crippen LogP) is 4.39. The van der Waals surface area contributed by atoms with Crippen molar-refractivity contribution in [1.29, 1.82) is 0 Å². The van der Waals surface area contributed by atoms with Gasteiger partial charge < -0.3 is 4.90 Å². The smallest absolute Gasteiger partial charge is 0.265 e. The maximum Gasteiger partial charge on any atom is 0.265 e. The molecule has 2 heterocycles. The molecular formula is C26H23N3O2. The van der Waals surface area contributed by atoms with Crippen molar-refractivity contribution in [3.8, 4) is 5.69 Å². The summed E-state index contributed by atoms with van der Waals surface area (Å²) in [6.45, 7) is 4.59. The van der Waals surface area contributed by atoms with Crippen LogP contribution in [0.15, 0.2) is 77.6 Å². The molecule has 0 N–H and O–H groups in total. The Morgan fingerprint density at radius 1 is 0.935 bits per heavy atom. The third kappa shape index (κ3) is 3.13. The number of nitrogens with zero attached hydrogens (tertiary/aromatic N) is 3. The van der Waals surface area contributed by atoms with Crippen LogP contribution in [0.5, 0.6) is 0 Å². The van der Waals surface area contributed by atoms with Gasteiger partial charge in [-0.25, -0.2) is 4.98 Å². The molecule has 5 rings (SSSR count). The molecule has 1 amide bonds. The molecular weight excluding hydrogens is 386 g/mol. The Balaban J connectivity index is 1.71. The van der Waals surface area contributed by atoms with E-state index in [1.54, 1.807) is 10.6 Å². The van der Waals surface area contributed by atoms with E-state index in [0.717, 1.165) is 22.5 Å². The summed E-state index contributed by atoms with van der Waals surface area (Å²) in [5.41, 5.74) is 4.31. The number of hydrogen-bond donors (Lipinski definition) is 0. The first-order valence-corrected chi connectivity index (χ1v) is 10.6. The lowest BCUT2D eigenvalue weighted by molar-refractivity contribution is -0.119. The number of amides is 1. The second-order valence-corrected chi connectivity index (χ2v) is 7.92. The Labute approximate surface area is 180 Å². The predicted molar refractivity (Wildman–Crippen MR) is 123 cm³/mol. The van der Waals surface area contributed by atoms with Crippen LogP contribution in [-0.4, -0.2) is 22.0 Å². The van der Waals surface area contributed by atoms with Crippen molar-refractivity contribution >= 4 is 22.5 Å². The standard InChI is InChI=1S/C26H23N3O2/c1-3-28-23-14-7-5-11-19(23)21(25(28)30)16-24-27-22-13-6-4-12-20(22)26(31)29(24)18-10-8-9-17(2)15-18/h4-15,21H,3,16H2,1-2H3. The monoisotopic (exact) mass is 409 g/mol. The number of aromatic nitrogens is 2. The summed E-state index contributed by atoms with van der Waals surface area (Å²) in [4.78, 5) is 33.4. The lowest BCUT2D eigenvalue weighted by Crippen LogP contribution is -2.31. The first-order chi connectivity index (χ1) is 15.1. The van der Waals surface area contributed by atoms with Crippen LogP contribution in [0.25, 0.3) is 16.6 Å². The molecule has 154 valence electrons. The minimum absolute atomic E-state index is 0.0573. The lowest BCUT2D eigenvalue weighted by Gasteiger charge is -2.18. The average molecular weight is 409 g/mol. The zero-order valence-corrected chi connectivity index (χ0v) is 17.6. The minimum Gasteiger partial charge on any atom is -0.312 e. The molecule has 31 heavy (non-hydrogen) atoms. The maximum atomic E-state index is 13.5. The SMILES string of the molecule is CCN1C(=O)C(Cc2nc3ccccc3c(=O)n2-c2cccc(C)c2)c2ccccc21. The molecule has 5 heteroatoms. The third-order valence-corrected chi connectivity index (χ3v) is 5.98. The van der Waals surface area contributed by atoms with Crippen molar-refractivity contribution < 1.29 is 4.79 Å². The third-order valence-electron chi connectivity index (χ3n) is 5.98. The van der Waals surface area contributed by atoms with Crippen LogP contribution < -0.4 is 10.5 Å². The van der Waals surface area contributed by atoms with Crippen LogP contribution in [0, 0.1) is 6.92 Å². The van der Waals surface area contributed by atoms with E-state index in [2.05, 4.69) is 0 Å². The number of fused-ring (bicyclic) bond motifs is 2. The highest BCUT2D eigenvalue weighted by atomic mass is 16.2. The van der Waals surface area contributed by atoms with Gasteiger partial charge in [0.1, 0.15) is 5.82 Å². The van der Waals surface area contributed by atoms with E-state index in [1.807, 2.05) is 85.5 Å². The number of rotatable bonds is 4. The topological polar surface area (TPSA) is 55.2 Å². The highest BCUT2D eigenvalue weighted by Gasteiger charge is 2.37. The van der Waals surface area contributed by atoms with Crippen molar-refractivity contribution in [3.05, 3.63) is 100 Å².